The van der Waals surface area contributed by atoms with Crippen molar-refractivity contribution >= 4 is 44.9 Å². The summed E-state index contributed by atoms with van der Waals surface area (Å²) in [5, 5.41) is 3.35. The lowest BCUT2D eigenvalue weighted by atomic mass is 10.0. The molecule has 1 N–H and O–H groups in total. The lowest BCUT2D eigenvalue weighted by Crippen LogP contribution is -2.51. The molecular weight excluding hydrogens is 411 g/mol. The standard InChI is InChI=1S/C18H24Cl2N2O4S/c1-11(2)8-16(18(24)22(3)13-6-7-27(25,26)10-13)21-17(23)14-5-4-12(19)9-15(14)20/h4-5,9,11,13,16H,6-8,10H2,1-3H3,(H,21,23). The first-order chi connectivity index (χ1) is 12.5. The van der Waals surface area contributed by atoms with Gasteiger partial charge in [-0.2, -0.15) is 0 Å². The molecular formula is C18H24Cl2N2O4S. The number of hydrogen-bond acceptors (Lipinski definition) is 4. The Balaban J connectivity index is 2.16. The third-order valence-electron chi connectivity index (χ3n) is 4.59. The molecule has 0 aliphatic carbocycles. The Labute approximate surface area is 170 Å². The fraction of sp³-hybridized carbons (Fsp3) is 0.556. The Bertz CT molecular complexity index is 827. The van der Waals surface area contributed by atoms with Crippen LogP contribution in [0.25, 0.3) is 0 Å². The summed E-state index contributed by atoms with van der Waals surface area (Å²) in [6.07, 6.45) is 0.843. The first-order valence-electron chi connectivity index (χ1n) is 8.73. The lowest BCUT2D eigenvalue weighted by Gasteiger charge is -2.29. The molecule has 27 heavy (non-hydrogen) atoms. The van der Waals surface area contributed by atoms with E-state index in [1.54, 1.807) is 13.1 Å². The maximum Gasteiger partial charge on any atom is 0.253 e. The highest BCUT2D eigenvalue weighted by Crippen LogP contribution is 2.22. The minimum Gasteiger partial charge on any atom is -0.340 e. The van der Waals surface area contributed by atoms with Gasteiger partial charge in [-0.15, -0.1) is 0 Å². The van der Waals surface area contributed by atoms with Crippen LogP contribution in [0, 0.1) is 5.92 Å². The van der Waals surface area contributed by atoms with Crippen molar-refractivity contribution in [1.82, 2.24) is 10.2 Å². The normalized spacial score (nSPS) is 19.7. The van der Waals surface area contributed by atoms with Crippen molar-refractivity contribution in [2.24, 2.45) is 5.92 Å². The van der Waals surface area contributed by atoms with Crippen LogP contribution in [0.5, 0.6) is 0 Å². The van der Waals surface area contributed by atoms with Crippen molar-refractivity contribution < 1.29 is 18.0 Å². The largest absolute Gasteiger partial charge is 0.340 e. The molecule has 2 amide bonds. The molecule has 0 bridgehead atoms. The minimum atomic E-state index is -3.11. The Morgan fingerprint density at radius 1 is 1.30 bits per heavy atom. The van der Waals surface area contributed by atoms with E-state index >= 15 is 0 Å². The summed E-state index contributed by atoms with van der Waals surface area (Å²) in [6, 6.07) is 3.39. The lowest BCUT2D eigenvalue weighted by molar-refractivity contribution is -0.134. The summed E-state index contributed by atoms with van der Waals surface area (Å²) in [6.45, 7) is 3.89. The zero-order chi connectivity index (χ0) is 20.4. The van der Waals surface area contributed by atoms with Gasteiger partial charge in [-0.25, -0.2) is 8.42 Å². The average molecular weight is 435 g/mol. The second-order valence-corrected chi connectivity index (χ2v) is 10.4. The molecule has 150 valence electrons. The van der Waals surface area contributed by atoms with Crippen LogP contribution in [0.1, 0.15) is 37.0 Å². The highest BCUT2D eigenvalue weighted by molar-refractivity contribution is 7.91. The molecule has 1 aromatic carbocycles. The average Bonchev–Trinajstić information content (AvgIpc) is 2.92. The van der Waals surface area contributed by atoms with E-state index in [-0.39, 0.29) is 40.0 Å². The first-order valence-corrected chi connectivity index (χ1v) is 11.3. The van der Waals surface area contributed by atoms with Crippen LogP contribution in [0.2, 0.25) is 10.0 Å². The molecule has 0 saturated carbocycles. The van der Waals surface area contributed by atoms with E-state index in [0.29, 0.717) is 17.9 Å². The quantitative estimate of drug-likeness (QED) is 0.745. The molecule has 1 aromatic rings. The van der Waals surface area contributed by atoms with Gasteiger partial charge in [-0.1, -0.05) is 37.0 Å². The predicted octanol–water partition coefficient (Wildman–Crippen LogP) is 2.78. The Morgan fingerprint density at radius 2 is 1.96 bits per heavy atom. The van der Waals surface area contributed by atoms with E-state index in [1.165, 1.54) is 17.0 Å². The summed E-state index contributed by atoms with van der Waals surface area (Å²) in [5.41, 5.74) is 0.230. The Morgan fingerprint density at radius 3 is 2.48 bits per heavy atom. The third-order valence-corrected chi connectivity index (χ3v) is 6.89. The van der Waals surface area contributed by atoms with Gasteiger partial charge in [-0.05, 0) is 37.0 Å². The van der Waals surface area contributed by atoms with Crippen molar-refractivity contribution in [2.75, 3.05) is 18.6 Å². The Kier molecular flexibility index (Phi) is 7.16. The SMILES string of the molecule is CC(C)CC(NC(=O)c1ccc(Cl)cc1Cl)C(=O)N(C)C1CCS(=O)(=O)C1. The molecule has 1 saturated heterocycles. The molecule has 0 radical (unpaired) electrons. The molecule has 2 unspecified atom stereocenters. The van der Waals surface area contributed by atoms with E-state index in [0.717, 1.165) is 0 Å². The van der Waals surface area contributed by atoms with Gasteiger partial charge in [0.2, 0.25) is 5.91 Å². The van der Waals surface area contributed by atoms with Crippen molar-refractivity contribution in [3.63, 3.8) is 0 Å². The number of carbonyl (C=O) groups excluding carboxylic acids is 2. The topological polar surface area (TPSA) is 83.6 Å². The van der Waals surface area contributed by atoms with Crippen LogP contribution in [-0.4, -0.2) is 55.8 Å². The minimum absolute atomic E-state index is 0.0411. The molecule has 0 aromatic heterocycles. The number of nitrogens with zero attached hydrogens (tertiary/aromatic N) is 1. The van der Waals surface area contributed by atoms with Crippen LogP contribution >= 0.6 is 23.2 Å². The van der Waals surface area contributed by atoms with E-state index in [9.17, 15) is 18.0 Å². The van der Waals surface area contributed by atoms with Crippen LogP contribution < -0.4 is 5.32 Å². The van der Waals surface area contributed by atoms with Gasteiger partial charge in [-0.3, -0.25) is 9.59 Å². The molecule has 6 nitrogen and oxygen atoms in total. The maximum absolute atomic E-state index is 12.9. The second-order valence-electron chi connectivity index (χ2n) is 7.29. The van der Waals surface area contributed by atoms with E-state index < -0.39 is 21.8 Å². The second kappa shape index (κ2) is 8.80. The summed E-state index contributed by atoms with van der Waals surface area (Å²) >= 11 is 11.9. The molecule has 0 spiro atoms. The number of hydrogen-bond donors (Lipinski definition) is 1. The van der Waals surface area contributed by atoms with Crippen molar-refractivity contribution in [3.05, 3.63) is 33.8 Å². The molecule has 1 fully saturated rings. The smallest absolute Gasteiger partial charge is 0.253 e. The summed E-state index contributed by atoms with van der Waals surface area (Å²) in [4.78, 5) is 27.0. The fourth-order valence-electron chi connectivity index (χ4n) is 3.11. The molecule has 1 aliphatic rings. The molecule has 2 rings (SSSR count). The van der Waals surface area contributed by atoms with Gasteiger partial charge in [0, 0.05) is 18.1 Å². The van der Waals surface area contributed by atoms with Gasteiger partial charge < -0.3 is 10.2 Å². The molecule has 9 heteroatoms. The number of carbonyl (C=O) groups is 2. The first kappa shape index (κ1) is 22.0. The zero-order valence-electron chi connectivity index (χ0n) is 15.5. The van der Waals surface area contributed by atoms with Gasteiger partial charge in [0.05, 0.1) is 22.1 Å². The van der Waals surface area contributed by atoms with Crippen molar-refractivity contribution in [1.29, 1.82) is 0 Å². The van der Waals surface area contributed by atoms with E-state index in [4.69, 9.17) is 23.2 Å². The van der Waals surface area contributed by atoms with E-state index in [2.05, 4.69) is 5.32 Å². The summed E-state index contributed by atoms with van der Waals surface area (Å²) in [7, 11) is -1.52. The van der Waals surface area contributed by atoms with Gasteiger partial charge in [0.15, 0.2) is 9.84 Å². The van der Waals surface area contributed by atoms with Crippen LogP contribution in [0.3, 0.4) is 0 Å². The molecule has 1 heterocycles. The number of halogens is 2. The summed E-state index contributed by atoms with van der Waals surface area (Å²) < 4.78 is 23.4. The number of benzene rings is 1. The maximum atomic E-state index is 12.9. The molecule has 1 aliphatic heterocycles. The van der Waals surface area contributed by atoms with Crippen LogP contribution in [0.4, 0.5) is 0 Å². The highest BCUT2D eigenvalue weighted by atomic mass is 35.5. The number of likely N-dealkylation sites (N-methyl/N-ethyl adjacent to an activating group) is 1. The Hall–Kier alpha value is -1.31. The fourth-order valence-corrected chi connectivity index (χ4v) is 5.38. The van der Waals surface area contributed by atoms with Crippen LogP contribution in [-0.2, 0) is 14.6 Å². The van der Waals surface area contributed by atoms with Gasteiger partial charge >= 0.3 is 0 Å². The van der Waals surface area contributed by atoms with Crippen molar-refractivity contribution in [3.8, 4) is 0 Å². The van der Waals surface area contributed by atoms with Gasteiger partial charge in [0.25, 0.3) is 5.91 Å². The number of amides is 2. The number of rotatable bonds is 6. The van der Waals surface area contributed by atoms with E-state index in [1.807, 2.05) is 13.8 Å². The van der Waals surface area contributed by atoms with Crippen molar-refractivity contribution in [2.45, 2.75) is 38.8 Å². The molecule has 2 atom stereocenters. The number of nitrogens with one attached hydrogen (secondary N) is 1. The zero-order valence-corrected chi connectivity index (χ0v) is 17.9. The highest BCUT2D eigenvalue weighted by Gasteiger charge is 2.35. The third kappa shape index (κ3) is 5.83. The summed E-state index contributed by atoms with van der Waals surface area (Å²) in [5.74, 6) is -0.578. The number of sulfone groups is 1. The van der Waals surface area contributed by atoms with Gasteiger partial charge in [0.1, 0.15) is 6.04 Å². The monoisotopic (exact) mass is 434 g/mol. The predicted molar refractivity (Wildman–Crippen MR) is 107 cm³/mol. The van der Waals surface area contributed by atoms with Crippen LogP contribution in [0.15, 0.2) is 18.2 Å².